The molecule has 146 valence electrons. The molecule has 29 heavy (non-hydrogen) atoms. The molecule has 1 aliphatic rings. The number of fused-ring (bicyclic) bond motifs is 1. The molecule has 1 aliphatic heterocycles. The summed E-state index contributed by atoms with van der Waals surface area (Å²) in [6.45, 7) is 0.606. The van der Waals surface area contributed by atoms with E-state index in [1.807, 2.05) is 18.2 Å². The van der Waals surface area contributed by atoms with Gasteiger partial charge in [-0.15, -0.1) is 0 Å². The van der Waals surface area contributed by atoms with E-state index in [-0.39, 0.29) is 11.8 Å². The van der Waals surface area contributed by atoms with Crippen LogP contribution in [-0.4, -0.2) is 25.5 Å². The van der Waals surface area contributed by atoms with E-state index in [4.69, 9.17) is 16.3 Å². The van der Waals surface area contributed by atoms with E-state index < -0.39 is 0 Å². The van der Waals surface area contributed by atoms with E-state index in [0.717, 1.165) is 17.7 Å². The molecule has 4 rings (SSSR count). The Bertz CT molecular complexity index is 1060. The zero-order chi connectivity index (χ0) is 20.4. The first-order valence-electron chi connectivity index (χ1n) is 9.21. The van der Waals surface area contributed by atoms with E-state index >= 15 is 0 Å². The second kappa shape index (κ2) is 7.97. The van der Waals surface area contributed by atoms with Crippen LogP contribution in [0.2, 0.25) is 5.02 Å². The molecule has 1 N–H and O–H groups in total. The summed E-state index contributed by atoms with van der Waals surface area (Å²) in [5.41, 5.74) is 3.64. The molecule has 0 radical (unpaired) electrons. The van der Waals surface area contributed by atoms with Crippen molar-refractivity contribution in [3.8, 4) is 5.75 Å². The van der Waals surface area contributed by atoms with Crippen molar-refractivity contribution in [2.75, 3.05) is 23.9 Å². The maximum absolute atomic E-state index is 13.0. The zero-order valence-corrected chi connectivity index (χ0v) is 16.6. The molecule has 0 spiro atoms. The number of carbonyl (C=O) groups is 2. The first-order valence-corrected chi connectivity index (χ1v) is 9.59. The highest BCUT2D eigenvalue weighted by atomic mass is 35.5. The van der Waals surface area contributed by atoms with Gasteiger partial charge in [0.15, 0.2) is 0 Å². The first kappa shape index (κ1) is 19.0. The number of hydrogen-bond acceptors (Lipinski definition) is 3. The quantitative estimate of drug-likeness (QED) is 0.676. The minimum atomic E-state index is -0.229. The summed E-state index contributed by atoms with van der Waals surface area (Å²) >= 11 is 5.88. The molecule has 0 aliphatic carbocycles. The monoisotopic (exact) mass is 406 g/mol. The van der Waals surface area contributed by atoms with Crippen LogP contribution in [0.5, 0.6) is 5.75 Å². The Morgan fingerprint density at radius 2 is 1.66 bits per heavy atom. The predicted octanol–water partition coefficient (Wildman–Crippen LogP) is 4.80. The number of carbonyl (C=O) groups excluding carboxylic acids is 2. The normalized spacial score (nSPS) is 12.4. The Hall–Kier alpha value is -3.31. The van der Waals surface area contributed by atoms with Gasteiger partial charge >= 0.3 is 0 Å². The third-order valence-electron chi connectivity index (χ3n) is 4.93. The van der Waals surface area contributed by atoms with Crippen molar-refractivity contribution < 1.29 is 14.3 Å². The topological polar surface area (TPSA) is 58.6 Å². The molecule has 3 aromatic carbocycles. The van der Waals surface area contributed by atoms with Crippen molar-refractivity contribution >= 4 is 34.8 Å². The highest BCUT2D eigenvalue weighted by Crippen LogP contribution is 2.32. The molecule has 0 aromatic heterocycles. The molecule has 0 atom stereocenters. The summed E-state index contributed by atoms with van der Waals surface area (Å²) in [7, 11) is 1.59. The van der Waals surface area contributed by atoms with Crippen molar-refractivity contribution in [1.82, 2.24) is 0 Å². The Kier molecular flexibility index (Phi) is 5.23. The predicted molar refractivity (Wildman–Crippen MR) is 114 cm³/mol. The molecule has 2 amide bonds. The van der Waals surface area contributed by atoms with Crippen molar-refractivity contribution in [1.29, 1.82) is 0 Å². The summed E-state index contributed by atoms with van der Waals surface area (Å²) in [6.07, 6.45) is 0.780. The van der Waals surface area contributed by atoms with Crippen LogP contribution < -0.4 is 15.0 Å². The van der Waals surface area contributed by atoms with Crippen molar-refractivity contribution in [2.24, 2.45) is 0 Å². The zero-order valence-electron chi connectivity index (χ0n) is 15.8. The third-order valence-corrected chi connectivity index (χ3v) is 5.18. The molecular weight excluding hydrogens is 388 g/mol. The van der Waals surface area contributed by atoms with Gasteiger partial charge in [-0.25, -0.2) is 0 Å². The molecule has 0 bridgehead atoms. The first-order chi connectivity index (χ1) is 14.0. The fourth-order valence-electron chi connectivity index (χ4n) is 3.36. The summed E-state index contributed by atoms with van der Waals surface area (Å²) in [5, 5.41) is 3.46. The maximum atomic E-state index is 13.0. The lowest BCUT2D eigenvalue weighted by molar-refractivity contribution is 0.0988. The number of anilines is 2. The lowest BCUT2D eigenvalue weighted by atomic mass is 10.1. The summed E-state index contributed by atoms with van der Waals surface area (Å²) < 4.78 is 5.15. The lowest BCUT2D eigenvalue weighted by Gasteiger charge is -2.18. The molecule has 0 saturated carbocycles. The van der Waals surface area contributed by atoms with E-state index in [1.165, 1.54) is 0 Å². The minimum Gasteiger partial charge on any atom is -0.497 e. The van der Waals surface area contributed by atoms with E-state index in [0.29, 0.717) is 34.1 Å². The highest BCUT2D eigenvalue weighted by Gasteiger charge is 2.26. The summed E-state index contributed by atoms with van der Waals surface area (Å²) in [6, 6.07) is 19.4. The van der Waals surface area contributed by atoms with Crippen molar-refractivity contribution in [3.05, 3.63) is 88.4 Å². The number of nitrogens with one attached hydrogen (secondary N) is 1. The van der Waals surface area contributed by atoms with Crippen molar-refractivity contribution in [2.45, 2.75) is 6.42 Å². The standard InChI is InChI=1S/C23H19ClN2O3/c1-29-20-10-5-17(6-11-20)23(28)26-13-12-15-4-9-19(14-21(15)26)25-22(27)16-2-7-18(24)8-3-16/h2-11,14H,12-13H2,1H3,(H,25,27). The van der Waals surface area contributed by atoms with Gasteiger partial charge in [-0.2, -0.15) is 0 Å². The summed E-state index contributed by atoms with van der Waals surface area (Å²) in [4.78, 5) is 27.2. The van der Waals surface area contributed by atoms with Gasteiger partial charge in [-0.3, -0.25) is 9.59 Å². The molecule has 0 saturated heterocycles. The van der Waals surface area contributed by atoms with Crippen LogP contribution in [0.25, 0.3) is 0 Å². The molecule has 6 heteroatoms. The van der Waals surface area contributed by atoms with Crippen LogP contribution in [0.1, 0.15) is 26.3 Å². The van der Waals surface area contributed by atoms with Gasteiger partial charge in [-0.1, -0.05) is 17.7 Å². The fraction of sp³-hybridized carbons (Fsp3) is 0.130. The molecular formula is C23H19ClN2O3. The smallest absolute Gasteiger partial charge is 0.258 e. The second-order valence-corrected chi connectivity index (χ2v) is 7.18. The van der Waals surface area contributed by atoms with Gasteiger partial charge in [0, 0.05) is 34.1 Å². The van der Waals surface area contributed by atoms with Gasteiger partial charge in [0.25, 0.3) is 11.8 Å². The number of hydrogen-bond donors (Lipinski definition) is 1. The summed E-state index contributed by atoms with van der Waals surface area (Å²) in [5.74, 6) is 0.399. The Labute approximate surface area is 173 Å². The molecule has 3 aromatic rings. The van der Waals surface area contributed by atoms with Gasteiger partial charge in [0.05, 0.1) is 7.11 Å². The number of nitrogens with zero attached hydrogens (tertiary/aromatic N) is 1. The Morgan fingerprint density at radius 1 is 0.966 bits per heavy atom. The number of benzene rings is 3. The maximum Gasteiger partial charge on any atom is 0.258 e. The van der Waals surface area contributed by atoms with Gasteiger partial charge in [-0.05, 0) is 72.6 Å². The largest absolute Gasteiger partial charge is 0.497 e. The van der Waals surface area contributed by atoms with Gasteiger partial charge in [0.1, 0.15) is 5.75 Å². The minimum absolute atomic E-state index is 0.0763. The second-order valence-electron chi connectivity index (χ2n) is 6.74. The van der Waals surface area contributed by atoms with E-state index in [2.05, 4.69) is 5.32 Å². The lowest BCUT2D eigenvalue weighted by Crippen LogP contribution is -2.28. The average molecular weight is 407 g/mol. The van der Waals surface area contributed by atoms with Crippen LogP contribution in [-0.2, 0) is 6.42 Å². The Balaban J connectivity index is 1.55. The van der Waals surface area contributed by atoms with Crippen molar-refractivity contribution in [3.63, 3.8) is 0 Å². The number of halogens is 1. The third kappa shape index (κ3) is 3.96. The van der Waals surface area contributed by atoms with Crippen LogP contribution in [0.15, 0.2) is 66.7 Å². The Morgan fingerprint density at radius 3 is 2.34 bits per heavy atom. The van der Waals surface area contributed by atoms with Gasteiger partial charge < -0.3 is 15.0 Å². The number of ether oxygens (including phenoxy) is 1. The van der Waals surface area contributed by atoms with Gasteiger partial charge in [0.2, 0.25) is 0 Å². The van der Waals surface area contributed by atoms with Crippen LogP contribution >= 0.6 is 11.6 Å². The van der Waals surface area contributed by atoms with Crippen LogP contribution in [0.3, 0.4) is 0 Å². The van der Waals surface area contributed by atoms with E-state index in [9.17, 15) is 9.59 Å². The molecule has 1 heterocycles. The fourth-order valence-corrected chi connectivity index (χ4v) is 3.49. The number of amides is 2. The molecule has 0 unspecified atom stereocenters. The van der Waals surface area contributed by atoms with Crippen LogP contribution in [0, 0.1) is 0 Å². The van der Waals surface area contributed by atoms with E-state index in [1.54, 1.807) is 60.5 Å². The number of rotatable bonds is 4. The SMILES string of the molecule is COc1ccc(C(=O)N2CCc3ccc(NC(=O)c4ccc(Cl)cc4)cc32)cc1. The molecule has 0 fully saturated rings. The molecule has 5 nitrogen and oxygen atoms in total. The number of methoxy groups -OCH3 is 1. The highest BCUT2D eigenvalue weighted by molar-refractivity contribution is 6.30. The van der Waals surface area contributed by atoms with Crippen LogP contribution in [0.4, 0.5) is 11.4 Å². The average Bonchev–Trinajstić information content (AvgIpc) is 3.17.